The number of phenolic OH excluding ortho intramolecular Hbond substituents is 1. The molecule has 31 heavy (non-hydrogen) atoms. The molecule has 0 aromatic heterocycles. The molecule has 3 aliphatic carbocycles. The molecule has 170 valence electrons. The summed E-state index contributed by atoms with van der Waals surface area (Å²) >= 11 is 0. The number of aryl methyl sites for hydroxylation is 1. The van der Waals surface area contributed by atoms with E-state index in [1.54, 1.807) is 0 Å². The van der Waals surface area contributed by atoms with Crippen LogP contribution in [0.2, 0.25) is 0 Å². The van der Waals surface area contributed by atoms with Gasteiger partial charge in [-0.1, -0.05) is 24.6 Å². The molecule has 1 aliphatic heterocycles. The number of likely N-dealkylation sites (N-methyl/N-ethyl adjacent to an activating group) is 1. The molecule has 5 rings (SSSR count). The van der Waals surface area contributed by atoms with E-state index in [-0.39, 0.29) is 5.41 Å². The number of hydrogen-bond donors (Lipinski definition) is 1. The number of phenols is 1. The SMILES string of the molecule is CN(C)CCOC/C=C1\CC2(C)C(CCC23OCCO3)C2CCc3cc(O)ccc3C12. The van der Waals surface area contributed by atoms with Gasteiger partial charge in [0, 0.05) is 24.3 Å². The standard InChI is InChI=1S/C26H37NO4/c1-25-17-19(9-12-29-13-11-27(2)3)24-21-7-5-20(28)16-18(21)4-6-22(24)23(25)8-10-26(25)30-14-15-31-26/h5,7,9,16,22-24,28H,4,6,8,10-15,17H2,1-3H3/b19-9+. The maximum atomic E-state index is 10.1. The molecular formula is C26H37NO4. The second-order valence-electron chi connectivity index (χ2n) is 10.4. The lowest BCUT2D eigenvalue weighted by Gasteiger charge is -2.54. The van der Waals surface area contributed by atoms with Crippen molar-refractivity contribution >= 4 is 0 Å². The number of nitrogens with zero attached hydrogens (tertiary/aromatic N) is 1. The number of benzene rings is 1. The first-order valence-electron chi connectivity index (χ1n) is 11.9. The number of hydrogen-bond acceptors (Lipinski definition) is 5. The van der Waals surface area contributed by atoms with E-state index in [1.807, 2.05) is 12.1 Å². The van der Waals surface area contributed by atoms with Gasteiger partial charge in [-0.05, 0) is 74.9 Å². The Labute approximate surface area is 186 Å². The molecule has 1 heterocycles. The van der Waals surface area contributed by atoms with Gasteiger partial charge in [0.15, 0.2) is 5.79 Å². The lowest BCUT2D eigenvalue weighted by Crippen LogP contribution is -2.52. The predicted octanol–water partition coefficient (Wildman–Crippen LogP) is 4.11. The van der Waals surface area contributed by atoms with E-state index in [0.717, 1.165) is 38.8 Å². The second kappa shape index (κ2) is 8.18. The Kier molecular flexibility index (Phi) is 5.66. The summed E-state index contributed by atoms with van der Waals surface area (Å²) < 4.78 is 18.6. The van der Waals surface area contributed by atoms with Crippen molar-refractivity contribution in [3.63, 3.8) is 0 Å². The molecule has 2 saturated carbocycles. The fraction of sp³-hybridized carbons (Fsp3) is 0.692. The van der Waals surface area contributed by atoms with E-state index in [4.69, 9.17) is 14.2 Å². The van der Waals surface area contributed by atoms with Gasteiger partial charge in [-0.2, -0.15) is 0 Å². The molecule has 4 unspecified atom stereocenters. The van der Waals surface area contributed by atoms with Gasteiger partial charge >= 0.3 is 0 Å². The average Bonchev–Trinajstić information content (AvgIpc) is 3.33. The Morgan fingerprint density at radius 2 is 2.03 bits per heavy atom. The Hall–Kier alpha value is -1.40. The molecule has 5 heteroatoms. The summed E-state index contributed by atoms with van der Waals surface area (Å²) in [5.74, 6) is 1.57. The lowest BCUT2D eigenvalue weighted by atomic mass is 9.53. The van der Waals surface area contributed by atoms with Crippen molar-refractivity contribution in [1.29, 1.82) is 0 Å². The monoisotopic (exact) mass is 427 g/mol. The van der Waals surface area contributed by atoms with Crippen LogP contribution in [0.3, 0.4) is 0 Å². The molecule has 0 bridgehead atoms. The summed E-state index contributed by atoms with van der Waals surface area (Å²) in [5.41, 5.74) is 4.20. The molecule has 1 N–H and O–H groups in total. The molecule has 5 nitrogen and oxygen atoms in total. The smallest absolute Gasteiger partial charge is 0.174 e. The quantitative estimate of drug-likeness (QED) is 0.566. The molecule has 0 radical (unpaired) electrons. The number of fused-ring (bicyclic) bond motifs is 6. The maximum Gasteiger partial charge on any atom is 0.174 e. The van der Waals surface area contributed by atoms with Crippen molar-refractivity contribution in [2.45, 2.75) is 50.7 Å². The second-order valence-corrected chi connectivity index (χ2v) is 10.4. The number of rotatable bonds is 5. The minimum Gasteiger partial charge on any atom is -0.508 e. The minimum absolute atomic E-state index is 0.00849. The van der Waals surface area contributed by atoms with E-state index in [1.165, 1.54) is 23.1 Å². The van der Waals surface area contributed by atoms with Crippen LogP contribution in [0.1, 0.15) is 49.7 Å². The first-order chi connectivity index (χ1) is 14.9. The van der Waals surface area contributed by atoms with Crippen LogP contribution in [0, 0.1) is 17.3 Å². The van der Waals surface area contributed by atoms with Gasteiger partial charge in [-0.3, -0.25) is 0 Å². The van der Waals surface area contributed by atoms with Crippen LogP contribution in [0.5, 0.6) is 5.75 Å². The zero-order chi connectivity index (χ0) is 21.6. The lowest BCUT2D eigenvalue weighted by molar-refractivity contribution is -0.232. The van der Waals surface area contributed by atoms with Gasteiger partial charge in [0.05, 0.1) is 26.4 Å². The Morgan fingerprint density at radius 3 is 2.81 bits per heavy atom. The van der Waals surface area contributed by atoms with Crippen LogP contribution >= 0.6 is 0 Å². The number of allylic oxidation sites excluding steroid dienone is 1. The van der Waals surface area contributed by atoms with Crippen molar-refractivity contribution in [2.75, 3.05) is 47.1 Å². The van der Waals surface area contributed by atoms with E-state index in [2.05, 4.69) is 38.1 Å². The van der Waals surface area contributed by atoms with Crippen LogP contribution in [0.15, 0.2) is 29.8 Å². The maximum absolute atomic E-state index is 10.1. The van der Waals surface area contributed by atoms with Crippen LogP contribution in [-0.4, -0.2) is 62.9 Å². The zero-order valence-corrected chi connectivity index (χ0v) is 19.2. The zero-order valence-electron chi connectivity index (χ0n) is 19.2. The topological polar surface area (TPSA) is 51.2 Å². The van der Waals surface area contributed by atoms with Crippen molar-refractivity contribution in [3.05, 3.63) is 41.0 Å². The van der Waals surface area contributed by atoms with E-state index in [0.29, 0.717) is 43.3 Å². The minimum atomic E-state index is -0.414. The Morgan fingerprint density at radius 1 is 1.23 bits per heavy atom. The predicted molar refractivity (Wildman–Crippen MR) is 120 cm³/mol. The largest absolute Gasteiger partial charge is 0.508 e. The molecule has 0 amide bonds. The molecule has 1 aromatic rings. The van der Waals surface area contributed by atoms with Crippen molar-refractivity contribution in [2.24, 2.45) is 17.3 Å². The van der Waals surface area contributed by atoms with Crippen LogP contribution in [-0.2, 0) is 20.6 Å². The molecule has 3 fully saturated rings. The third-order valence-electron chi connectivity index (χ3n) is 8.50. The van der Waals surface area contributed by atoms with Crippen molar-refractivity contribution < 1.29 is 19.3 Å². The molecule has 1 spiro atoms. The highest BCUT2D eigenvalue weighted by Gasteiger charge is 2.65. The molecule has 1 saturated heterocycles. The van der Waals surface area contributed by atoms with E-state index < -0.39 is 5.79 Å². The fourth-order valence-electron chi connectivity index (χ4n) is 7.08. The molecule has 1 aromatic carbocycles. The summed E-state index contributed by atoms with van der Waals surface area (Å²) in [7, 11) is 4.15. The van der Waals surface area contributed by atoms with Crippen LogP contribution in [0.4, 0.5) is 0 Å². The van der Waals surface area contributed by atoms with Gasteiger partial charge in [-0.25, -0.2) is 0 Å². The normalized spacial score (nSPS) is 34.8. The highest BCUT2D eigenvalue weighted by atomic mass is 16.7. The van der Waals surface area contributed by atoms with Crippen molar-refractivity contribution in [1.82, 2.24) is 4.90 Å². The summed E-state index contributed by atoms with van der Waals surface area (Å²) in [5, 5.41) is 10.1. The summed E-state index contributed by atoms with van der Waals surface area (Å²) in [6.07, 6.45) is 7.73. The number of aromatic hydroxyl groups is 1. The van der Waals surface area contributed by atoms with Crippen LogP contribution in [0.25, 0.3) is 0 Å². The Balaban J connectivity index is 1.48. The highest BCUT2D eigenvalue weighted by molar-refractivity contribution is 5.45. The first-order valence-corrected chi connectivity index (χ1v) is 11.9. The molecule has 4 aliphatic rings. The van der Waals surface area contributed by atoms with E-state index >= 15 is 0 Å². The summed E-state index contributed by atoms with van der Waals surface area (Å²) in [4.78, 5) is 2.15. The number of ether oxygens (including phenoxy) is 3. The summed E-state index contributed by atoms with van der Waals surface area (Å²) in [6.45, 7) is 6.16. The van der Waals surface area contributed by atoms with Gasteiger partial charge in [0.1, 0.15) is 5.75 Å². The third-order valence-corrected chi connectivity index (χ3v) is 8.50. The third kappa shape index (κ3) is 3.54. The Bertz CT molecular complexity index is 844. The molecular weight excluding hydrogens is 390 g/mol. The molecule has 4 atom stereocenters. The van der Waals surface area contributed by atoms with Crippen molar-refractivity contribution in [3.8, 4) is 5.75 Å². The van der Waals surface area contributed by atoms with Gasteiger partial charge in [0.2, 0.25) is 0 Å². The highest BCUT2D eigenvalue weighted by Crippen LogP contribution is 2.67. The van der Waals surface area contributed by atoms with Crippen LogP contribution < -0.4 is 0 Å². The van der Waals surface area contributed by atoms with Gasteiger partial charge < -0.3 is 24.2 Å². The fourth-order valence-corrected chi connectivity index (χ4v) is 7.08. The summed E-state index contributed by atoms with van der Waals surface area (Å²) in [6, 6.07) is 6.00. The first kappa shape index (κ1) is 21.4. The van der Waals surface area contributed by atoms with Gasteiger partial charge in [-0.15, -0.1) is 0 Å². The van der Waals surface area contributed by atoms with Gasteiger partial charge in [0.25, 0.3) is 0 Å². The average molecular weight is 428 g/mol. The van der Waals surface area contributed by atoms with E-state index in [9.17, 15) is 5.11 Å².